The first-order valence-corrected chi connectivity index (χ1v) is 8.08. The molecule has 0 aliphatic rings. The minimum Gasteiger partial charge on any atom is -0.491 e. The van der Waals surface area contributed by atoms with E-state index in [1.807, 2.05) is 42.6 Å². The molecule has 0 saturated heterocycles. The SMILES string of the molecule is CCC(C)Oc1cccc(NC(=O)c2sccc2Br)c1. The van der Waals surface area contributed by atoms with Gasteiger partial charge in [-0.05, 0) is 52.9 Å². The zero-order valence-corrected chi connectivity index (χ0v) is 13.8. The van der Waals surface area contributed by atoms with Crippen molar-refractivity contribution in [3.63, 3.8) is 0 Å². The van der Waals surface area contributed by atoms with Crippen molar-refractivity contribution < 1.29 is 9.53 Å². The molecule has 1 heterocycles. The molecule has 1 unspecified atom stereocenters. The molecule has 0 radical (unpaired) electrons. The molecule has 2 aromatic rings. The van der Waals surface area contributed by atoms with Crippen molar-refractivity contribution in [3.05, 3.63) is 45.1 Å². The Balaban J connectivity index is 2.08. The number of ether oxygens (including phenoxy) is 1. The van der Waals surface area contributed by atoms with Gasteiger partial charge in [0.1, 0.15) is 10.6 Å². The molecule has 106 valence electrons. The van der Waals surface area contributed by atoms with Crippen LogP contribution in [0.3, 0.4) is 0 Å². The Bertz CT molecular complexity index is 597. The summed E-state index contributed by atoms with van der Waals surface area (Å²) in [6.45, 7) is 4.10. The molecule has 0 saturated carbocycles. The lowest BCUT2D eigenvalue weighted by molar-refractivity contribution is 0.103. The number of nitrogens with one attached hydrogen (secondary N) is 1. The maximum atomic E-state index is 12.1. The minimum atomic E-state index is -0.118. The third kappa shape index (κ3) is 3.84. The van der Waals surface area contributed by atoms with E-state index in [4.69, 9.17) is 4.74 Å². The summed E-state index contributed by atoms with van der Waals surface area (Å²) in [5.74, 6) is 0.648. The summed E-state index contributed by atoms with van der Waals surface area (Å²) < 4.78 is 6.55. The quantitative estimate of drug-likeness (QED) is 0.826. The van der Waals surface area contributed by atoms with Gasteiger partial charge in [-0.2, -0.15) is 0 Å². The van der Waals surface area contributed by atoms with Crippen LogP contribution in [0.15, 0.2) is 40.2 Å². The van der Waals surface area contributed by atoms with Crippen molar-refractivity contribution in [3.8, 4) is 5.75 Å². The Morgan fingerprint density at radius 3 is 2.90 bits per heavy atom. The van der Waals surface area contributed by atoms with E-state index < -0.39 is 0 Å². The van der Waals surface area contributed by atoms with E-state index in [1.54, 1.807) is 0 Å². The predicted octanol–water partition coefficient (Wildman–Crippen LogP) is 4.94. The topological polar surface area (TPSA) is 38.3 Å². The van der Waals surface area contributed by atoms with Gasteiger partial charge in [-0.25, -0.2) is 0 Å². The van der Waals surface area contributed by atoms with Crippen LogP contribution in [0.5, 0.6) is 5.75 Å². The third-order valence-corrected chi connectivity index (χ3v) is 4.66. The van der Waals surface area contributed by atoms with E-state index in [1.165, 1.54) is 11.3 Å². The van der Waals surface area contributed by atoms with Gasteiger partial charge in [-0.3, -0.25) is 4.79 Å². The fourth-order valence-electron chi connectivity index (χ4n) is 1.61. The van der Waals surface area contributed by atoms with Crippen molar-refractivity contribution in [2.45, 2.75) is 26.4 Å². The summed E-state index contributed by atoms with van der Waals surface area (Å²) in [4.78, 5) is 12.8. The number of thiophene rings is 1. The second-order valence-electron chi connectivity index (χ2n) is 4.42. The van der Waals surface area contributed by atoms with Crippen molar-refractivity contribution in [1.82, 2.24) is 0 Å². The van der Waals surface area contributed by atoms with Gasteiger partial charge in [0.2, 0.25) is 0 Å². The van der Waals surface area contributed by atoms with E-state index in [0.29, 0.717) is 4.88 Å². The van der Waals surface area contributed by atoms with Crippen LogP contribution in [0.2, 0.25) is 0 Å². The third-order valence-electron chi connectivity index (χ3n) is 2.83. The van der Waals surface area contributed by atoms with Gasteiger partial charge in [0.05, 0.1) is 6.10 Å². The minimum absolute atomic E-state index is 0.118. The Morgan fingerprint density at radius 2 is 2.25 bits per heavy atom. The fraction of sp³-hybridized carbons (Fsp3) is 0.267. The predicted molar refractivity (Wildman–Crippen MR) is 86.8 cm³/mol. The summed E-state index contributed by atoms with van der Waals surface area (Å²) in [5, 5.41) is 4.75. The van der Waals surface area contributed by atoms with Gasteiger partial charge in [0.15, 0.2) is 0 Å². The molecule has 1 N–H and O–H groups in total. The number of hydrogen-bond acceptors (Lipinski definition) is 3. The summed E-state index contributed by atoms with van der Waals surface area (Å²) in [6.07, 6.45) is 1.10. The van der Waals surface area contributed by atoms with Crippen LogP contribution in [-0.2, 0) is 0 Å². The van der Waals surface area contributed by atoms with Gasteiger partial charge in [0, 0.05) is 16.2 Å². The molecule has 20 heavy (non-hydrogen) atoms. The van der Waals surface area contributed by atoms with Crippen molar-refractivity contribution >= 4 is 38.9 Å². The van der Waals surface area contributed by atoms with Crippen molar-refractivity contribution in [1.29, 1.82) is 0 Å². The fourth-order valence-corrected chi connectivity index (χ4v) is 3.05. The molecule has 5 heteroatoms. The summed E-state index contributed by atoms with van der Waals surface area (Å²) in [5.41, 5.74) is 0.733. The highest BCUT2D eigenvalue weighted by Crippen LogP contribution is 2.25. The molecule has 3 nitrogen and oxygen atoms in total. The number of carbonyl (C=O) groups is 1. The molecule has 0 bridgehead atoms. The molecule has 2 rings (SSSR count). The average Bonchev–Trinajstić information content (AvgIpc) is 2.85. The number of amides is 1. The smallest absolute Gasteiger partial charge is 0.266 e. The van der Waals surface area contributed by atoms with Crippen LogP contribution >= 0.6 is 27.3 Å². The van der Waals surface area contributed by atoms with Crippen LogP contribution in [0, 0.1) is 0 Å². The van der Waals surface area contributed by atoms with Gasteiger partial charge >= 0.3 is 0 Å². The molecule has 0 aliphatic carbocycles. The highest BCUT2D eigenvalue weighted by atomic mass is 79.9. The number of rotatable bonds is 5. The van der Waals surface area contributed by atoms with Gasteiger partial charge in [0.25, 0.3) is 5.91 Å². The maximum absolute atomic E-state index is 12.1. The number of benzene rings is 1. The second-order valence-corrected chi connectivity index (χ2v) is 6.19. The summed E-state index contributed by atoms with van der Waals surface area (Å²) in [6, 6.07) is 9.32. The lowest BCUT2D eigenvalue weighted by atomic mass is 10.2. The first kappa shape index (κ1) is 15.1. The maximum Gasteiger partial charge on any atom is 0.266 e. The normalized spacial score (nSPS) is 11.9. The molecular formula is C15H16BrNO2S. The summed E-state index contributed by atoms with van der Waals surface area (Å²) >= 11 is 4.77. The van der Waals surface area contributed by atoms with E-state index in [-0.39, 0.29) is 12.0 Å². The molecule has 0 fully saturated rings. The molecule has 1 amide bonds. The lowest BCUT2D eigenvalue weighted by Gasteiger charge is -2.13. The van der Waals surface area contributed by atoms with Crippen molar-refractivity contribution in [2.24, 2.45) is 0 Å². The van der Waals surface area contributed by atoms with E-state index in [0.717, 1.165) is 22.3 Å². The van der Waals surface area contributed by atoms with Crippen molar-refractivity contribution in [2.75, 3.05) is 5.32 Å². The number of anilines is 1. The Hall–Kier alpha value is -1.33. The molecular weight excluding hydrogens is 338 g/mol. The van der Waals surface area contributed by atoms with Gasteiger partial charge in [-0.1, -0.05) is 13.0 Å². The molecule has 1 aromatic carbocycles. The first-order chi connectivity index (χ1) is 9.60. The highest BCUT2D eigenvalue weighted by Gasteiger charge is 2.12. The Labute approximate surface area is 131 Å². The average molecular weight is 354 g/mol. The summed E-state index contributed by atoms with van der Waals surface area (Å²) in [7, 11) is 0. The number of hydrogen-bond donors (Lipinski definition) is 1. The highest BCUT2D eigenvalue weighted by molar-refractivity contribution is 9.10. The molecule has 0 aliphatic heterocycles. The van der Waals surface area contributed by atoms with E-state index in [9.17, 15) is 4.79 Å². The van der Waals surface area contributed by atoms with Crippen LogP contribution in [-0.4, -0.2) is 12.0 Å². The second kappa shape index (κ2) is 6.90. The van der Waals surface area contributed by atoms with E-state index in [2.05, 4.69) is 28.2 Å². The van der Waals surface area contributed by atoms with Crippen LogP contribution < -0.4 is 10.1 Å². The number of halogens is 1. The number of carbonyl (C=O) groups excluding carboxylic acids is 1. The molecule has 0 spiro atoms. The first-order valence-electron chi connectivity index (χ1n) is 6.41. The zero-order valence-electron chi connectivity index (χ0n) is 11.4. The monoisotopic (exact) mass is 353 g/mol. The zero-order chi connectivity index (χ0) is 14.5. The molecule has 1 aromatic heterocycles. The van der Waals surface area contributed by atoms with Crippen LogP contribution in [0.25, 0.3) is 0 Å². The van der Waals surface area contributed by atoms with E-state index >= 15 is 0 Å². The van der Waals surface area contributed by atoms with Crippen LogP contribution in [0.4, 0.5) is 5.69 Å². The Kier molecular flexibility index (Phi) is 5.20. The standard InChI is InChI=1S/C15H16BrNO2S/c1-3-10(2)19-12-6-4-5-11(9-12)17-15(18)14-13(16)7-8-20-14/h4-10H,3H2,1-2H3,(H,17,18). The molecule has 1 atom stereocenters. The Morgan fingerprint density at radius 1 is 1.45 bits per heavy atom. The van der Waals surface area contributed by atoms with Gasteiger partial charge < -0.3 is 10.1 Å². The van der Waals surface area contributed by atoms with Crippen LogP contribution in [0.1, 0.15) is 29.9 Å². The lowest BCUT2D eigenvalue weighted by Crippen LogP contribution is -2.12. The van der Waals surface area contributed by atoms with Gasteiger partial charge in [-0.15, -0.1) is 11.3 Å². The largest absolute Gasteiger partial charge is 0.491 e.